The molecule has 24 heavy (non-hydrogen) atoms. The Morgan fingerprint density at radius 2 is 1.92 bits per heavy atom. The minimum absolute atomic E-state index is 0.161. The summed E-state index contributed by atoms with van der Waals surface area (Å²) in [7, 11) is 0. The van der Waals surface area contributed by atoms with E-state index in [0.29, 0.717) is 6.61 Å². The number of hydrogen-bond acceptors (Lipinski definition) is 3. The average Bonchev–Trinajstić information content (AvgIpc) is 2.61. The summed E-state index contributed by atoms with van der Waals surface area (Å²) in [6, 6.07) is 15.6. The average molecular weight is 320 g/mol. The largest absolute Gasteiger partial charge is 0.463 e. The van der Waals surface area contributed by atoms with Crippen LogP contribution in [0.2, 0.25) is 0 Å². The van der Waals surface area contributed by atoms with Crippen molar-refractivity contribution in [3.05, 3.63) is 76.9 Å². The number of carbonyl (C=O) groups excluding carboxylic acids is 2. The lowest BCUT2D eigenvalue weighted by Gasteiger charge is -2.24. The van der Waals surface area contributed by atoms with Gasteiger partial charge in [-0.1, -0.05) is 48.5 Å². The van der Waals surface area contributed by atoms with Crippen LogP contribution in [0, 0.1) is 0 Å². The van der Waals surface area contributed by atoms with Crippen molar-refractivity contribution in [2.24, 2.45) is 0 Å². The number of ketones is 1. The van der Waals surface area contributed by atoms with E-state index in [9.17, 15) is 9.59 Å². The third-order valence-corrected chi connectivity index (χ3v) is 4.36. The Kier molecular flexibility index (Phi) is 4.90. The highest BCUT2D eigenvalue weighted by Crippen LogP contribution is 2.34. The van der Waals surface area contributed by atoms with Crippen molar-refractivity contribution in [3.63, 3.8) is 0 Å². The molecule has 2 aromatic carbocycles. The van der Waals surface area contributed by atoms with Gasteiger partial charge in [0.15, 0.2) is 5.78 Å². The molecule has 0 aliphatic heterocycles. The first-order valence-corrected chi connectivity index (χ1v) is 8.26. The number of carbonyl (C=O) groups is 2. The highest BCUT2D eigenvalue weighted by atomic mass is 16.5. The molecule has 0 saturated heterocycles. The van der Waals surface area contributed by atoms with Crippen LogP contribution in [0.15, 0.2) is 54.6 Å². The van der Waals surface area contributed by atoms with Gasteiger partial charge in [0.05, 0.1) is 6.61 Å². The zero-order valence-corrected chi connectivity index (χ0v) is 13.7. The summed E-state index contributed by atoms with van der Waals surface area (Å²) in [5.41, 5.74) is 3.80. The molecule has 1 aliphatic rings. The number of aryl methyl sites for hydroxylation is 1. The highest BCUT2D eigenvalue weighted by Gasteiger charge is 2.29. The SMILES string of the molecule is CCOC(=O)/C=C/c1ccccc1C1CCc2ccccc2C1=O. The molecule has 3 rings (SSSR count). The number of Topliss-reactive ketones (excluding diaryl/α,β-unsaturated/α-hetero) is 1. The summed E-state index contributed by atoms with van der Waals surface area (Å²) in [4.78, 5) is 24.5. The van der Waals surface area contributed by atoms with Crippen LogP contribution in [0.5, 0.6) is 0 Å². The molecule has 0 bridgehead atoms. The predicted molar refractivity (Wildman–Crippen MR) is 93.9 cm³/mol. The van der Waals surface area contributed by atoms with Gasteiger partial charge in [-0.15, -0.1) is 0 Å². The Morgan fingerprint density at radius 1 is 1.17 bits per heavy atom. The number of ether oxygens (including phenoxy) is 1. The molecule has 1 aliphatic carbocycles. The monoisotopic (exact) mass is 320 g/mol. The van der Waals surface area contributed by atoms with Crippen molar-refractivity contribution in [1.82, 2.24) is 0 Å². The molecule has 0 heterocycles. The lowest BCUT2D eigenvalue weighted by Crippen LogP contribution is -2.21. The summed E-state index contributed by atoms with van der Waals surface area (Å²) >= 11 is 0. The zero-order valence-electron chi connectivity index (χ0n) is 13.7. The van der Waals surface area contributed by atoms with E-state index in [1.54, 1.807) is 13.0 Å². The van der Waals surface area contributed by atoms with Crippen molar-refractivity contribution in [2.75, 3.05) is 6.61 Å². The molecular weight excluding hydrogens is 300 g/mol. The standard InChI is InChI=1S/C21H20O3/c1-2-24-20(22)14-12-15-7-3-5-9-17(15)19-13-11-16-8-4-6-10-18(16)21(19)23/h3-10,12,14,19H,2,11,13H2,1H3/b14-12+. The molecule has 0 spiro atoms. The molecule has 0 aromatic heterocycles. The first kappa shape index (κ1) is 16.2. The highest BCUT2D eigenvalue weighted by molar-refractivity contribution is 6.03. The molecule has 3 heteroatoms. The summed E-state index contributed by atoms with van der Waals surface area (Å²) in [5.74, 6) is -0.371. The third kappa shape index (κ3) is 3.30. The van der Waals surface area contributed by atoms with E-state index in [0.717, 1.165) is 35.1 Å². The van der Waals surface area contributed by atoms with Gasteiger partial charge in [-0.3, -0.25) is 4.79 Å². The number of benzene rings is 2. The molecule has 0 fully saturated rings. The van der Waals surface area contributed by atoms with Crippen LogP contribution in [0.1, 0.15) is 46.3 Å². The van der Waals surface area contributed by atoms with E-state index in [2.05, 4.69) is 0 Å². The van der Waals surface area contributed by atoms with Crippen LogP contribution in [0.25, 0.3) is 6.08 Å². The summed E-state index contributed by atoms with van der Waals surface area (Å²) in [6.07, 6.45) is 4.84. The molecule has 1 atom stereocenters. The summed E-state index contributed by atoms with van der Waals surface area (Å²) in [5, 5.41) is 0. The van der Waals surface area contributed by atoms with Gasteiger partial charge in [0.2, 0.25) is 0 Å². The lowest BCUT2D eigenvalue weighted by atomic mass is 9.78. The van der Waals surface area contributed by atoms with Gasteiger partial charge >= 0.3 is 5.97 Å². The maximum absolute atomic E-state index is 12.9. The van der Waals surface area contributed by atoms with Gasteiger partial charge in [0, 0.05) is 17.6 Å². The summed E-state index contributed by atoms with van der Waals surface area (Å²) in [6.45, 7) is 2.13. The molecule has 3 nitrogen and oxygen atoms in total. The summed E-state index contributed by atoms with van der Waals surface area (Å²) < 4.78 is 4.92. The van der Waals surface area contributed by atoms with Gasteiger partial charge in [0.25, 0.3) is 0 Å². The normalized spacial score (nSPS) is 16.9. The van der Waals surface area contributed by atoms with E-state index >= 15 is 0 Å². The van der Waals surface area contributed by atoms with Gasteiger partial charge in [-0.05, 0) is 42.5 Å². The van der Waals surface area contributed by atoms with Crippen LogP contribution in [-0.2, 0) is 16.0 Å². The first-order valence-electron chi connectivity index (χ1n) is 8.26. The van der Waals surface area contributed by atoms with E-state index in [1.165, 1.54) is 6.08 Å². The fraction of sp³-hybridized carbons (Fsp3) is 0.238. The number of hydrogen-bond donors (Lipinski definition) is 0. The van der Waals surface area contributed by atoms with Crippen molar-refractivity contribution in [3.8, 4) is 0 Å². The van der Waals surface area contributed by atoms with Crippen LogP contribution in [0.3, 0.4) is 0 Å². The van der Waals surface area contributed by atoms with E-state index < -0.39 is 0 Å². The van der Waals surface area contributed by atoms with Gasteiger partial charge in [-0.2, -0.15) is 0 Å². The molecule has 1 unspecified atom stereocenters. The Hall–Kier alpha value is -2.68. The second-order valence-corrected chi connectivity index (χ2v) is 5.83. The molecule has 122 valence electrons. The number of esters is 1. The number of fused-ring (bicyclic) bond motifs is 1. The minimum Gasteiger partial charge on any atom is -0.463 e. The molecule has 0 N–H and O–H groups in total. The van der Waals surface area contributed by atoms with Crippen LogP contribution in [-0.4, -0.2) is 18.4 Å². The molecular formula is C21H20O3. The molecule has 0 saturated carbocycles. The van der Waals surface area contributed by atoms with Crippen LogP contribution < -0.4 is 0 Å². The number of rotatable bonds is 4. The van der Waals surface area contributed by atoms with Gasteiger partial charge in [-0.25, -0.2) is 4.79 Å². The quantitative estimate of drug-likeness (QED) is 0.627. The fourth-order valence-corrected chi connectivity index (χ4v) is 3.22. The van der Waals surface area contributed by atoms with Crippen LogP contribution in [0.4, 0.5) is 0 Å². The van der Waals surface area contributed by atoms with Crippen molar-refractivity contribution in [2.45, 2.75) is 25.7 Å². The predicted octanol–water partition coefficient (Wildman–Crippen LogP) is 4.18. The lowest BCUT2D eigenvalue weighted by molar-refractivity contribution is -0.137. The third-order valence-electron chi connectivity index (χ3n) is 4.36. The first-order chi connectivity index (χ1) is 11.7. The zero-order chi connectivity index (χ0) is 16.9. The van der Waals surface area contributed by atoms with Crippen LogP contribution >= 0.6 is 0 Å². The fourth-order valence-electron chi connectivity index (χ4n) is 3.22. The maximum Gasteiger partial charge on any atom is 0.330 e. The van der Waals surface area contributed by atoms with Crippen molar-refractivity contribution >= 4 is 17.8 Å². The molecule has 0 radical (unpaired) electrons. The van der Waals surface area contributed by atoms with Gasteiger partial charge in [0.1, 0.15) is 0 Å². The Bertz CT molecular complexity index is 789. The Balaban J connectivity index is 1.91. The van der Waals surface area contributed by atoms with Gasteiger partial charge < -0.3 is 4.74 Å². The molecule has 2 aromatic rings. The maximum atomic E-state index is 12.9. The van der Waals surface area contributed by atoms with E-state index in [-0.39, 0.29) is 17.7 Å². The second kappa shape index (κ2) is 7.26. The van der Waals surface area contributed by atoms with E-state index in [4.69, 9.17) is 4.74 Å². The minimum atomic E-state index is -0.368. The smallest absolute Gasteiger partial charge is 0.330 e. The van der Waals surface area contributed by atoms with E-state index in [1.807, 2.05) is 48.5 Å². The van der Waals surface area contributed by atoms with Crippen molar-refractivity contribution < 1.29 is 14.3 Å². The van der Waals surface area contributed by atoms with Crippen molar-refractivity contribution in [1.29, 1.82) is 0 Å². The topological polar surface area (TPSA) is 43.4 Å². The Morgan fingerprint density at radius 3 is 2.75 bits per heavy atom. The molecule has 0 amide bonds. The second-order valence-electron chi connectivity index (χ2n) is 5.83. The Labute approximate surface area is 142 Å².